The summed E-state index contributed by atoms with van der Waals surface area (Å²) in [5.74, 6) is -0.281. The number of hydrogen-bond donors (Lipinski definition) is 1. The molecule has 0 saturated carbocycles. The highest BCUT2D eigenvalue weighted by Crippen LogP contribution is 2.31. The number of pyridine rings is 1. The number of nitrogens with zero attached hydrogens (tertiary/aromatic N) is 2. The van der Waals surface area contributed by atoms with Gasteiger partial charge < -0.3 is 5.32 Å². The summed E-state index contributed by atoms with van der Waals surface area (Å²) < 4.78 is 2.58. The predicted molar refractivity (Wildman–Crippen MR) is 77.5 cm³/mol. The Morgan fingerprint density at radius 2 is 2.16 bits per heavy atom. The highest BCUT2D eigenvalue weighted by molar-refractivity contribution is 7.20. The topological polar surface area (TPSA) is 46.4 Å². The molecule has 0 radical (unpaired) electrons. The second-order valence-electron chi connectivity index (χ2n) is 3.81. The van der Waals surface area contributed by atoms with Crippen LogP contribution in [0.25, 0.3) is 5.52 Å². The molecule has 0 saturated heterocycles. The van der Waals surface area contributed by atoms with Crippen molar-refractivity contribution in [3.05, 3.63) is 50.9 Å². The van der Waals surface area contributed by atoms with Gasteiger partial charge in [0.15, 0.2) is 0 Å². The van der Waals surface area contributed by atoms with E-state index >= 15 is 0 Å². The molecule has 1 N–H and O–H groups in total. The normalized spacial score (nSPS) is 10.8. The number of hydrogen-bond acceptors (Lipinski definition) is 3. The van der Waals surface area contributed by atoms with Crippen molar-refractivity contribution in [2.24, 2.45) is 0 Å². The summed E-state index contributed by atoms with van der Waals surface area (Å²) in [4.78, 5) is 12.1. The molecule has 0 atom stereocenters. The molecular weight excluding hydrogens is 305 g/mol. The zero-order valence-corrected chi connectivity index (χ0v) is 11.8. The number of carbonyl (C=O) groups excluding carboxylic acids is 1. The van der Waals surface area contributed by atoms with Gasteiger partial charge in [-0.2, -0.15) is 5.10 Å². The number of halogens is 2. The van der Waals surface area contributed by atoms with Gasteiger partial charge in [-0.05, 0) is 24.3 Å². The molecule has 1 amide bonds. The van der Waals surface area contributed by atoms with Gasteiger partial charge >= 0.3 is 0 Å². The number of rotatable bonds is 2. The Morgan fingerprint density at radius 3 is 2.89 bits per heavy atom. The molecule has 0 aromatic carbocycles. The maximum Gasteiger partial charge on any atom is 0.258 e. The van der Waals surface area contributed by atoms with Crippen molar-refractivity contribution in [1.82, 2.24) is 9.61 Å². The number of fused-ring (bicyclic) bond motifs is 1. The Balaban J connectivity index is 1.88. The molecule has 0 aliphatic rings. The maximum atomic E-state index is 12.1. The van der Waals surface area contributed by atoms with Gasteiger partial charge in [-0.3, -0.25) is 4.79 Å². The Morgan fingerprint density at radius 1 is 1.32 bits per heavy atom. The highest BCUT2D eigenvalue weighted by Gasteiger charge is 2.14. The first-order chi connectivity index (χ1) is 9.13. The monoisotopic (exact) mass is 311 g/mol. The van der Waals surface area contributed by atoms with E-state index in [9.17, 15) is 4.79 Å². The summed E-state index contributed by atoms with van der Waals surface area (Å²) in [6.07, 6.45) is 3.46. The van der Waals surface area contributed by atoms with Crippen molar-refractivity contribution in [2.45, 2.75) is 0 Å². The van der Waals surface area contributed by atoms with Gasteiger partial charge in [-0.1, -0.05) is 23.2 Å². The van der Waals surface area contributed by atoms with E-state index in [1.165, 1.54) is 11.3 Å². The lowest BCUT2D eigenvalue weighted by molar-refractivity contribution is 0.102. The predicted octanol–water partition coefficient (Wildman–Crippen LogP) is 3.95. The smallest absolute Gasteiger partial charge is 0.258 e. The third kappa shape index (κ3) is 2.45. The number of carbonyl (C=O) groups is 1. The van der Waals surface area contributed by atoms with Gasteiger partial charge in [0.05, 0.1) is 15.4 Å². The van der Waals surface area contributed by atoms with Crippen LogP contribution in [0.2, 0.25) is 8.67 Å². The highest BCUT2D eigenvalue weighted by atomic mass is 35.5. The minimum Gasteiger partial charge on any atom is -0.322 e. The molecule has 3 aromatic rings. The summed E-state index contributed by atoms with van der Waals surface area (Å²) in [7, 11) is 0. The standard InChI is InChI=1S/C12H7Cl2N3OS/c13-10-6-9(11(14)19-10)12(18)16-7-2-4-17-8(5-7)1-3-15-17/h1-6H,(H,16,18). The van der Waals surface area contributed by atoms with Crippen LogP contribution in [-0.2, 0) is 0 Å². The van der Waals surface area contributed by atoms with Crippen molar-refractivity contribution in [3.8, 4) is 0 Å². The number of aromatic nitrogens is 2. The molecule has 19 heavy (non-hydrogen) atoms. The van der Waals surface area contributed by atoms with Crippen LogP contribution in [-0.4, -0.2) is 15.5 Å². The molecule has 3 heterocycles. The summed E-state index contributed by atoms with van der Waals surface area (Å²) in [5, 5.41) is 6.86. The minimum atomic E-state index is -0.281. The lowest BCUT2D eigenvalue weighted by atomic mass is 10.3. The first kappa shape index (κ1) is 12.5. The van der Waals surface area contributed by atoms with Gasteiger partial charge in [-0.25, -0.2) is 4.52 Å². The van der Waals surface area contributed by atoms with Gasteiger partial charge in [0.2, 0.25) is 0 Å². The van der Waals surface area contributed by atoms with Crippen LogP contribution in [0.1, 0.15) is 10.4 Å². The lowest BCUT2D eigenvalue weighted by Crippen LogP contribution is -2.11. The van der Waals surface area contributed by atoms with Crippen LogP contribution in [0.3, 0.4) is 0 Å². The van der Waals surface area contributed by atoms with E-state index < -0.39 is 0 Å². The molecule has 0 fully saturated rings. The van der Waals surface area contributed by atoms with Crippen molar-refractivity contribution in [3.63, 3.8) is 0 Å². The number of amides is 1. The van der Waals surface area contributed by atoms with Crippen LogP contribution in [0.5, 0.6) is 0 Å². The molecule has 0 unspecified atom stereocenters. The molecule has 0 spiro atoms. The average molecular weight is 312 g/mol. The van der Waals surface area contributed by atoms with E-state index in [1.807, 2.05) is 12.1 Å². The van der Waals surface area contributed by atoms with Crippen LogP contribution in [0, 0.1) is 0 Å². The first-order valence-electron chi connectivity index (χ1n) is 5.33. The largest absolute Gasteiger partial charge is 0.322 e. The molecule has 3 aromatic heterocycles. The quantitative estimate of drug-likeness (QED) is 0.778. The van der Waals surface area contributed by atoms with Crippen LogP contribution >= 0.6 is 34.5 Å². The van der Waals surface area contributed by atoms with Crippen molar-refractivity contribution >= 4 is 51.6 Å². The van der Waals surface area contributed by atoms with Gasteiger partial charge in [0.1, 0.15) is 4.34 Å². The maximum absolute atomic E-state index is 12.1. The molecule has 4 nitrogen and oxygen atoms in total. The Hall–Kier alpha value is -1.56. The van der Waals surface area contributed by atoms with E-state index in [1.54, 1.807) is 29.0 Å². The third-order valence-corrected chi connectivity index (χ3v) is 4.05. The second-order valence-corrected chi connectivity index (χ2v) is 6.09. The van der Waals surface area contributed by atoms with E-state index in [4.69, 9.17) is 23.2 Å². The zero-order chi connectivity index (χ0) is 13.4. The van der Waals surface area contributed by atoms with Gasteiger partial charge in [-0.15, -0.1) is 11.3 Å². The lowest BCUT2D eigenvalue weighted by Gasteiger charge is -2.04. The third-order valence-electron chi connectivity index (χ3n) is 2.56. The van der Waals surface area contributed by atoms with E-state index in [2.05, 4.69) is 10.4 Å². The fourth-order valence-corrected chi connectivity index (χ4v) is 3.15. The minimum absolute atomic E-state index is 0.281. The molecular formula is C12H7Cl2N3OS. The average Bonchev–Trinajstić information content (AvgIpc) is 2.94. The van der Waals surface area contributed by atoms with E-state index in [0.717, 1.165) is 5.52 Å². The fourth-order valence-electron chi connectivity index (χ4n) is 1.69. The number of nitrogens with one attached hydrogen (secondary N) is 1. The summed E-state index contributed by atoms with van der Waals surface area (Å²) >= 11 is 12.9. The van der Waals surface area contributed by atoms with Crippen molar-refractivity contribution in [2.75, 3.05) is 5.32 Å². The van der Waals surface area contributed by atoms with Crippen LogP contribution in [0.15, 0.2) is 36.7 Å². The molecule has 0 aliphatic carbocycles. The summed E-state index contributed by atoms with van der Waals surface area (Å²) in [5.41, 5.74) is 1.95. The first-order valence-corrected chi connectivity index (χ1v) is 6.90. The molecule has 0 aliphatic heterocycles. The van der Waals surface area contributed by atoms with Gasteiger partial charge in [0.25, 0.3) is 5.91 Å². The molecule has 0 bridgehead atoms. The molecule has 3 rings (SSSR count). The summed E-state index contributed by atoms with van der Waals surface area (Å²) in [6.45, 7) is 0. The van der Waals surface area contributed by atoms with E-state index in [0.29, 0.717) is 19.9 Å². The van der Waals surface area contributed by atoms with Crippen molar-refractivity contribution in [1.29, 1.82) is 0 Å². The Labute approximate surface area is 122 Å². The molecule has 7 heteroatoms. The van der Waals surface area contributed by atoms with Crippen LogP contribution < -0.4 is 5.32 Å². The van der Waals surface area contributed by atoms with E-state index in [-0.39, 0.29) is 5.91 Å². The Kier molecular flexibility index (Phi) is 3.18. The summed E-state index contributed by atoms with van der Waals surface area (Å²) in [6, 6.07) is 7.00. The van der Waals surface area contributed by atoms with Crippen LogP contribution in [0.4, 0.5) is 5.69 Å². The fraction of sp³-hybridized carbons (Fsp3) is 0. The van der Waals surface area contributed by atoms with Gasteiger partial charge in [0, 0.05) is 18.1 Å². The number of thiophene rings is 1. The molecule has 96 valence electrons. The van der Waals surface area contributed by atoms with Crippen molar-refractivity contribution < 1.29 is 4.79 Å². The zero-order valence-electron chi connectivity index (χ0n) is 9.43. The Bertz CT molecular complexity index is 765. The SMILES string of the molecule is O=C(Nc1ccn2nccc2c1)c1cc(Cl)sc1Cl. The second kappa shape index (κ2) is 4.85. The number of anilines is 1.